The van der Waals surface area contributed by atoms with Crippen molar-refractivity contribution in [3.05, 3.63) is 0 Å². The topological polar surface area (TPSA) is 67.9 Å². The number of hydrogen-bond acceptors (Lipinski definition) is 5. The van der Waals surface area contributed by atoms with Crippen LogP contribution < -0.4 is 4.72 Å². The quantitative estimate of drug-likeness (QED) is 0.507. The third-order valence-electron chi connectivity index (χ3n) is 2.57. The molecule has 18 heavy (non-hydrogen) atoms. The van der Waals surface area contributed by atoms with E-state index in [2.05, 4.69) is 23.5 Å². The monoisotopic (exact) mass is 282 g/mol. The van der Waals surface area contributed by atoms with E-state index < -0.39 is 10.0 Å². The number of sulfonamides is 1. The number of methoxy groups -OCH3 is 1. The van der Waals surface area contributed by atoms with E-state index in [1.54, 1.807) is 0 Å². The van der Waals surface area contributed by atoms with Crippen LogP contribution >= 0.6 is 0 Å². The predicted octanol–water partition coefficient (Wildman–Crippen LogP) is -0.0894. The van der Waals surface area contributed by atoms with Crippen LogP contribution in [0.15, 0.2) is 0 Å². The number of likely N-dealkylation sites (N-methyl/N-ethyl adjacent to an activating group) is 1. The molecule has 0 saturated carbocycles. The summed E-state index contributed by atoms with van der Waals surface area (Å²) in [6.45, 7) is 8.63. The van der Waals surface area contributed by atoms with Gasteiger partial charge < -0.3 is 14.4 Å². The fraction of sp³-hybridized carbons (Fsp3) is 1.00. The van der Waals surface area contributed by atoms with Gasteiger partial charge in [0.1, 0.15) is 0 Å². The van der Waals surface area contributed by atoms with Crippen molar-refractivity contribution < 1.29 is 17.9 Å². The van der Waals surface area contributed by atoms with Gasteiger partial charge in [0.2, 0.25) is 10.0 Å². The zero-order valence-electron chi connectivity index (χ0n) is 11.6. The van der Waals surface area contributed by atoms with Gasteiger partial charge in [-0.05, 0) is 13.1 Å². The summed E-state index contributed by atoms with van der Waals surface area (Å²) in [6.07, 6.45) is 0. The highest BCUT2D eigenvalue weighted by Crippen LogP contribution is 1.88. The Morgan fingerprint density at radius 2 is 1.78 bits per heavy atom. The molecular weight excluding hydrogens is 256 g/mol. The minimum absolute atomic E-state index is 0.0110. The lowest BCUT2D eigenvalue weighted by Crippen LogP contribution is -2.32. The third kappa shape index (κ3) is 9.78. The zero-order chi connectivity index (χ0) is 13.9. The number of nitrogens with zero attached hydrogens (tertiary/aromatic N) is 1. The van der Waals surface area contributed by atoms with Crippen LogP contribution in [0.2, 0.25) is 0 Å². The molecule has 6 nitrogen and oxygen atoms in total. The Bertz CT molecular complexity index is 279. The van der Waals surface area contributed by atoms with Crippen LogP contribution in [0.1, 0.15) is 13.8 Å². The van der Waals surface area contributed by atoms with Gasteiger partial charge in [-0.25, -0.2) is 13.1 Å². The molecule has 0 atom stereocenters. The molecule has 0 fully saturated rings. The minimum Gasteiger partial charge on any atom is -0.384 e. The summed E-state index contributed by atoms with van der Waals surface area (Å²) < 4.78 is 35.3. The van der Waals surface area contributed by atoms with Crippen molar-refractivity contribution in [3.63, 3.8) is 0 Å². The SMILES string of the molecule is CCN(CC)CCOCCNS(=O)(=O)CCOC. The van der Waals surface area contributed by atoms with Crippen LogP contribution in [0.5, 0.6) is 0 Å². The van der Waals surface area contributed by atoms with E-state index >= 15 is 0 Å². The zero-order valence-corrected chi connectivity index (χ0v) is 12.5. The Balaban J connectivity index is 3.50. The molecule has 0 rings (SSSR count). The summed E-state index contributed by atoms with van der Waals surface area (Å²) in [5.41, 5.74) is 0. The molecule has 0 bridgehead atoms. The molecule has 0 spiro atoms. The molecule has 0 aromatic carbocycles. The van der Waals surface area contributed by atoms with Crippen LogP contribution in [-0.2, 0) is 19.5 Å². The summed E-state index contributed by atoms with van der Waals surface area (Å²) >= 11 is 0. The van der Waals surface area contributed by atoms with Crippen molar-refractivity contribution in [1.82, 2.24) is 9.62 Å². The second-order valence-corrected chi connectivity index (χ2v) is 5.77. The Morgan fingerprint density at radius 3 is 2.33 bits per heavy atom. The maximum atomic E-state index is 11.4. The maximum Gasteiger partial charge on any atom is 0.213 e. The van der Waals surface area contributed by atoms with Gasteiger partial charge >= 0.3 is 0 Å². The van der Waals surface area contributed by atoms with Gasteiger partial charge in [0.05, 0.1) is 25.6 Å². The predicted molar refractivity (Wildman–Crippen MR) is 72.3 cm³/mol. The smallest absolute Gasteiger partial charge is 0.213 e. The molecule has 0 amide bonds. The lowest BCUT2D eigenvalue weighted by Gasteiger charge is -2.17. The Morgan fingerprint density at radius 1 is 1.11 bits per heavy atom. The van der Waals surface area contributed by atoms with Crippen molar-refractivity contribution in [1.29, 1.82) is 0 Å². The Labute approximate surface area is 111 Å². The number of rotatable bonds is 12. The largest absolute Gasteiger partial charge is 0.384 e. The lowest BCUT2D eigenvalue weighted by atomic mass is 10.5. The van der Waals surface area contributed by atoms with Crippen LogP contribution in [0, 0.1) is 0 Å². The molecule has 0 aromatic rings. The van der Waals surface area contributed by atoms with Gasteiger partial charge in [-0.3, -0.25) is 0 Å². The van der Waals surface area contributed by atoms with E-state index in [0.29, 0.717) is 19.8 Å². The summed E-state index contributed by atoms with van der Waals surface area (Å²) in [6, 6.07) is 0. The van der Waals surface area contributed by atoms with Crippen molar-refractivity contribution in [2.45, 2.75) is 13.8 Å². The molecule has 0 heterocycles. The number of nitrogens with one attached hydrogen (secondary N) is 1. The first-order valence-electron chi connectivity index (χ1n) is 6.32. The number of hydrogen-bond donors (Lipinski definition) is 1. The van der Waals surface area contributed by atoms with Crippen LogP contribution in [-0.4, -0.2) is 72.2 Å². The van der Waals surface area contributed by atoms with Crippen molar-refractivity contribution in [3.8, 4) is 0 Å². The molecule has 0 saturated heterocycles. The second kappa shape index (κ2) is 10.7. The number of ether oxygens (including phenoxy) is 2. The molecule has 7 heteroatoms. The first kappa shape index (κ1) is 17.8. The highest BCUT2D eigenvalue weighted by molar-refractivity contribution is 7.89. The van der Waals surface area contributed by atoms with Crippen LogP contribution in [0.3, 0.4) is 0 Å². The van der Waals surface area contributed by atoms with Gasteiger partial charge in [-0.2, -0.15) is 0 Å². The molecule has 0 aliphatic rings. The van der Waals surface area contributed by atoms with Gasteiger partial charge in [-0.15, -0.1) is 0 Å². The first-order chi connectivity index (χ1) is 8.55. The highest BCUT2D eigenvalue weighted by Gasteiger charge is 2.08. The van der Waals surface area contributed by atoms with E-state index in [1.807, 2.05) is 0 Å². The van der Waals surface area contributed by atoms with E-state index in [0.717, 1.165) is 19.6 Å². The maximum absolute atomic E-state index is 11.4. The molecule has 1 N–H and O–H groups in total. The average molecular weight is 282 g/mol. The Hall–Kier alpha value is -0.210. The van der Waals surface area contributed by atoms with Gasteiger partial charge in [-0.1, -0.05) is 13.8 Å². The standard InChI is InChI=1S/C11H26N2O4S/c1-4-13(5-2)7-9-17-8-6-12-18(14,15)11-10-16-3/h12H,4-11H2,1-3H3. The average Bonchev–Trinajstić information content (AvgIpc) is 2.36. The second-order valence-electron chi connectivity index (χ2n) is 3.85. The molecule has 110 valence electrons. The molecular formula is C11H26N2O4S. The van der Waals surface area contributed by atoms with Crippen LogP contribution in [0.4, 0.5) is 0 Å². The van der Waals surface area contributed by atoms with Crippen molar-refractivity contribution in [2.24, 2.45) is 0 Å². The van der Waals surface area contributed by atoms with E-state index in [1.165, 1.54) is 7.11 Å². The fourth-order valence-corrected chi connectivity index (χ4v) is 2.29. The Kier molecular flexibility index (Phi) is 10.6. The third-order valence-corrected chi connectivity index (χ3v) is 3.92. The van der Waals surface area contributed by atoms with Crippen molar-refractivity contribution in [2.75, 3.05) is 58.9 Å². The van der Waals surface area contributed by atoms with E-state index in [9.17, 15) is 8.42 Å². The summed E-state index contributed by atoms with van der Waals surface area (Å²) in [4.78, 5) is 2.25. The fourth-order valence-electron chi connectivity index (χ4n) is 1.37. The molecule has 0 aliphatic carbocycles. The summed E-state index contributed by atoms with van der Waals surface area (Å²) in [5.74, 6) is -0.0110. The minimum atomic E-state index is -3.22. The highest BCUT2D eigenvalue weighted by atomic mass is 32.2. The molecule has 0 unspecified atom stereocenters. The molecule has 0 aromatic heterocycles. The molecule has 0 aliphatic heterocycles. The van der Waals surface area contributed by atoms with Crippen LogP contribution in [0.25, 0.3) is 0 Å². The molecule has 0 radical (unpaired) electrons. The lowest BCUT2D eigenvalue weighted by molar-refractivity contribution is 0.111. The summed E-state index contributed by atoms with van der Waals surface area (Å²) in [7, 11) is -1.74. The van der Waals surface area contributed by atoms with E-state index in [4.69, 9.17) is 9.47 Å². The first-order valence-corrected chi connectivity index (χ1v) is 7.97. The van der Waals surface area contributed by atoms with Gasteiger partial charge in [0.15, 0.2) is 0 Å². The van der Waals surface area contributed by atoms with Crippen molar-refractivity contribution >= 4 is 10.0 Å². The van der Waals surface area contributed by atoms with E-state index in [-0.39, 0.29) is 12.4 Å². The summed E-state index contributed by atoms with van der Waals surface area (Å²) in [5, 5.41) is 0. The van der Waals surface area contributed by atoms with Gasteiger partial charge in [0, 0.05) is 20.2 Å². The van der Waals surface area contributed by atoms with Gasteiger partial charge in [0.25, 0.3) is 0 Å². The normalized spacial score (nSPS) is 12.2.